The molecule has 19 heteroatoms. The molecule has 5 aliphatic rings. The summed E-state index contributed by atoms with van der Waals surface area (Å²) in [5, 5.41) is 27.5. The number of fused-ring (bicyclic) bond motifs is 4. The number of nitrogens with one attached hydrogen (secondary N) is 2. The minimum absolute atomic E-state index is 0.199. The van der Waals surface area contributed by atoms with Crippen LogP contribution in [0.5, 0.6) is 5.75 Å². The van der Waals surface area contributed by atoms with Crippen LogP contribution in [0.3, 0.4) is 0 Å². The van der Waals surface area contributed by atoms with Crippen molar-refractivity contribution in [3.05, 3.63) is 81.4 Å². The number of carbonyl (C=O) groups excluding carboxylic acids is 3. The largest absolute Gasteiger partial charge is 0.503 e. The molecule has 3 aromatic heterocycles. The fraction of sp³-hybridized carbons (Fsp3) is 0.476. The van der Waals surface area contributed by atoms with Gasteiger partial charge in [0, 0.05) is 51.6 Å². The Bertz CT molecular complexity index is 2580. The van der Waals surface area contributed by atoms with Crippen LogP contribution in [0.1, 0.15) is 85.6 Å². The van der Waals surface area contributed by atoms with Crippen LogP contribution < -0.4 is 21.2 Å². The Kier molecular flexibility index (Phi) is 10.4. The van der Waals surface area contributed by atoms with Gasteiger partial charge in [-0.15, -0.1) is 10.2 Å². The molecule has 3 amide bonds. The van der Waals surface area contributed by atoms with Gasteiger partial charge < -0.3 is 19.8 Å². The van der Waals surface area contributed by atoms with Crippen LogP contribution in [0.15, 0.2) is 45.7 Å². The lowest BCUT2D eigenvalue weighted by Crippen LogP contribution is -2.49. The number of imide groups is 1. The number of phenolic OH excluding ortho intramolecular Hbond substituents is 1. The summed E-state index contributed by atoms with van der Waals surface area (Å²) in [6.07, 6.45) is 6.67. The van der Waals surface area contributed by atoms with Gasteiger partial charge in [0.1, 0.15) is 11.7 Å². The molecule has 2 aromatic carbocycles. The molecule has 3 aliphatic carbocycles. The van der Waals surface area contributed by atoms with Crippen molar-refractivity contribution in [1.29, 1.82) is 0 Å². The van der Waals surface area contributed by atoms with Gasteiger partial charge in [-0.2, -0.15) is 9.37 Å². The smallest absolute Gasteiger partial charge is 0.329 e. The summed E-state index contributed by atoms with van der Waals surface area (Å²) in [5.74, 6) is -6.31. The first-order valence-corrected chi connectivity index (χ1v) is 20.7. The number of imidazole rings is 1. The van der Waals surface area contributed by atoms with E-state index in [0.29, 0.717) is 35.4 Å². The number of phenols is 1. The average Bonchev–Trinajstić information content (AvgIpc) is 3.88. The minimum Gasteiger partial charge on any atom is -0.503 e. The second kappa shape index (κ2) is 15.7. The van der Waals surface area contributed by atoms with Gasteiger partial charge in [0.05, 0.1) is 16.6 Å². The molecule has 2 saturated heterocycles. The number of nitrogens with zero attached hydrogens (tertiary/aromatic N) is 8. The number of hydrogen-bond acceptors (Lipinski definition) is 12. The molecule has 3 N–H and O–H groups in total. The van der Waals surface area contributed by atoms with E-state index in [9.17, 15) is 37.5 Å². The molecular formula is C42H45F3N10O6. The lowest BCUT2D eigenvalue weighted by atomic mass is 9.53. The number of carbonyl (C=O) groups is 3. The molecule has 5 fully saturated rings. The topological polar surface area (TPSA) is 194 Å². The van der Waals surface area contributed by atoms with E-state index < -0.39 is 46.6 Å². The van der Waals surface area contributed by atoms with Crippen LogP contribution >= 0.6 is 0 Å². The maximum absolute atomic E-state index is 14.3. The Balaban J connectivity index is 0.744. The second-order valence-corrected chi connectivity index (χ2v) is 17.0. The minimum atomic E-state index is -1.80. The number of benzene rings is 2. The average molecular weight is 843 g/mol. The van der Waals surface area contributed by atoms with Gasteiger partial charge >= 0.3 is 5.69 Å². The summed E-state index contributed by atoms with van der Waals surface area (Å²) in [7, 11) is 1.70. The van der Waals surface area contributed by atoms with Crippen molar-refractivity contribution in [2.45, 2.75) is 75.7 Å². The summed E-state index contributed by atoms with van der Waals surface area (Å²) >= 11 is 0. The van der Waals surface area contributed by atoms with Gasteiger partial charge in [0.25, 0.3) is 5.91 Å². The molecule has 10 rings (SSSR count). The number of aromatic hydroxyl groups is 1. The zero-order valence-corrected chi connectivity index (χ0v) is 33.6. The predicted molar refractivity (Wildman–Crippen MR) is 213 cm³/mol. The van der Waals surface area contributed by atoms with Gasteiger partial charge in [0.15, 0.2) is 23.2 Å². The van der Waals surface area contributed by atoms with Crippen molar-refractivity contribution in [1.82, 2.24) is 45.0 Å². The molecule has 16 nitrogen and oxygen atoms in total. The van der Waals surface area contributed by atoms with Crippen molar-refractivity contribution in [3.8, 4) is 17.3 Å². The van der Waals surface area contributed by atoms with Gasteiger partial charge in [0.2, 0.25) is 29.3 Å². The van der Waals surface area contributed by atoms with Crippen LogP contribution in [0.4, 0.5) is 19.0 Å². The number of piperazine rings is 1. The van der Waals surface area contributed by atoms with Crippen molar-refractivity contribution in [2.24, 2.45) is 12.5 Å². The summed E-state index contributed by atoms with van der Waals surface area (Å²) in [5.41, 5.74) is 1.40. The summed E-state index contributed by atoms with van der Waals surface area (Å²) < 4.78 is 50.8. The normalized spacial score (nSPS) is 23.1. The Labute approximate surface area is 347 Å². The summed E-state index contributed by atoms with van der Waals surface area (Å²) in [6, 6.07) is 9.47. The monoisotopic (exact) mass is 842 g/mol. The third-order valence-corrected chi connectivity index (χ3v) is 13.5. The molecule has 320 valence electrons. The van der Waals surface area contributed by atoms with Crippen LogP contribution in [0, 0.1) is 22.9 Å². The van der Waals surface area contributed by atoms with E-state index in [1.54, 1.807) is 11.6 Å². The molecule has 1 unspecified atom stereocenters. The van der Waals surface area contributed by atoms with Gasteiger partial charge in [-0.1, -0.05) is 11.2 Å². The third kappa shape index (κ3) is 7.41. The van der Waals surface area contributed by atoms with E-state index >= 15 is 0 Å². The van der Waals surface area contributed by atoms with Gasteiger partial charge in [-0.25, -0.2) is 13.6 Å². The SMILES string of the molecule is Cn1c(=O)n(C2CCC(=O)NC2=O)c2ccc(CCCN3CCN(c4ccc(-c5noc(C67CCC(CNC(=O)c8cc(F)c(O)c(F)c8F)(CC6)CC7)n5)nn4)CC3)cc21. The van der Waals surface area contributed by atoms with Crippen molar-refractivity contribution in [3.63, 3.8) is 0 Å². The number of piperidine rings is 1. The van der Waals surface area contributed by atoms with Crippen LogP contribution in [0.2, 0.25) is 0 Å². The number of anilines is 1. The van der Waals surface area contributed by atoms with Crippen molar-refractivity contribution < 1.29 is 37.2 Å². The van der Waals surface area contributed by atoms with E-state index in [2.05, 4.69) is 35.8 Å². The van der Waals surface area contributed by atoms with Gasteiger partial charge in [-0.05, 0) is 106 Å². The molecule has 0 radical (unpaired) electrons. The maximum atomic E-state index is 14.3. The van der Waals surface area contributed by atoms with Crippen LogP contribution in [-0.2, 0) is 28.5 Å². The summed E-state index contributed by atoms with van der Waals surface area (Å²) in [6.45, 7) is 4.45. The highest BCUT2D eigenvalue weighted by Crippen LogP contribution is 2.57. The first kappa shape index (κ1) is 40.3. The van der Waals surface area contributed by atoms with E-state index in [1.165, 1.54) is 4.57 Å². The first-order chi connectivity index (χ1) is 29.3. The number of hydrogen-bond donors (Lipinski definition) is 3. The van der Waals surface area contributed by atoms with E-state index in [-0.39, 0.29) is 35.4 Å². The number of amides is 3. The molecule has 5 heterocycles. The van der Waals surface area contributed by atoms with Crippen molar-refractivity contribution >= 4 is 34.6 Å². The Hall–Kier alpha value is -6.11. The molecule has 1 atom stereocenters. The molecule has 2 bridgehead atoms. The van der Waals surface area contributed by atoms with Crippen LogP contribution in [0.25, 0.3) is 22.6 Å². The first-order valence-electron chi connectivity index (χ1n) is 20.7. The molecule has 61 heavy (non-hydrogen) atoms. The number of halogens is 3. The third-order valence-electron chi connectivity index (χ3n) is 13.5. The lowest BCUT2D eigenvalue weighted by molar-refractivity contribution is -0.135. The maximum Gasteiger partial charge on any atom is 0.329 e. The van der Waals surface area contributed by atoms with Gasteiger partial charge in [-0.3, -0.25) is 33.7 Å². The zero-order valence-electron chi connectivity index (χ0n) is 33.6. The van der Waals surface area contributed by atoms with Crippen LogP contribution in [-0.4, -0.2) is 96.5 Å². The molecular weight excluding hydrogens is 798 g/mol. The molecule has 2 aliphatic heterocycles. The standard InChI is InChI=1S/C42H45F3N10O6/c1-52-30-21-24(4-6-28(30)55(40(52)60)29-7-9-32(56)47-38(29)59)3-2-16-53-17-19-54(20-18-53)31-8-5-27(49-50-31)36-48-39(61-51-36)42-13-10-41(11-14-42,12-15-42)23-46-37(58)25-22-26(43)35(57)34(45)33(25)44/h4-6,8,21-22,29,57H,2-3,7,9-20,23H2,1H3,(H,46,58)(H,47,56,59). The molecule has 3 saturated carbocycles. The van der Waals surface area contributed by atoms with E-state index in [4.69, 9.17) is 9.51 Å². The quantitative estimate of drug-likeness (QED) is 0.128. The highest BCUT2D eigenvalue weighted by atomic mass is 19.2. The number of aromatic nitrogens is 6. The zero-order chi connectivity index (χ0) is 42.6. The van der Waals surface area contributed by atoms with Crippen molar-refractivity contribution in [2.75, 3.05) is 44.2 Å². The Morgan fingerprint density at radius 2 is 1.70 bits per heavy atom. The highest BCUT2D eigenvalue weighted by molar-refractivity contribution is 6.00. The molecule has 0 spiro atoms. The molecule has 5 aromatic rings. The number of rotatable bonds is 11. The second-order valence-electron chi connectivity index (χ2n) is 17.0. The van der Waals surface area contributed by atoms with E-state index in [0.717, 1.165) is 101 Å². The highest BCUT2D eigenvalue weighted by Gasteiger charge is 2.52. The predicted octanol–water partition coefficient (Wildman–Crippen LogP) is 4.06. The van der Waals surface area contributed by atoms with E-state index in [1.807, 2.05) is 30.3 Å². The fourth-order valence-corrected chi connectivity index (χ4v) is 9.62. The summed E-state index contributed by atoms with van der Waals surface area (Å²) in [4.78, 5) is 59.4. The lowest BCUT2D eigenvalue weighted by Gasteiger charge is -2.51. The fourth-order valence-electron chi connectivity index (χ4n) is 9.62. The number of aryl methyl sites for hydroxylation is 2. The Morgan fingerprint density at radius 3 is 2.41 bits per heavy atom. The Morgan fingerprint density at radius 1 is 0.951 bits per heavy atom.